The number of hydrogen-bond donors (Lipinski definition) is 2. The second kappa shape index (κ2) is 9.24. The molecule has 2 aromatic carbocycles. The molecule has 1 saturated heterocycles. The monoisotopic (exact) mass is 496 g/mol. The number of pyridine rings is 1. The number of nitrogens with zero attached hydrogens (tertiary/aromatic N) is 3. The molecule has 4 aromatic rings. The molecule has 0 aliphatic carbocycles. The number of carboxylic acid groups (broad SMARTS) is 1. The molecule has 2 N–H and O–H groups in total. The lowest BCUT2D eigenvalue weighted by Crippen LogP contribution is -2.29. The maximum atomic E-state index is 12.0. The van der Waals surface area contributed by atoms with Crippen molar-refractivity contribution in [3.05, 3.63) is 112 Å². The summed E-state index contributed by atoms with van der Waals surface area (Å²) >= 11 is 5.89. The zero-order valence-electron chi connectivity index (χ0n) is 20.7. The van der Waals surface area contributed by atoms with Crippen molar-refractivity contribution in [1.29, 1.82) is 0 Å². The van der Waals surface area contributed by atoms with Gasteiger partial charge in [0, 0.05) is 23.3 Å². The topological polar surface area (TPSA) is 70.4 Å². The third-order valence-corrected chi connectivity index (χ3v) is 7.35. The Morgan fingerprint density at radius 2 is 1.72 bits per heavy atom. The van der Waals surface area contributed by atoms with Crippen LogP contribution in [0.25, 0.3) is 5.69 Å². The lowest BCUT2D eigenvalue weighted by atomic mass is 9.96. The minimum atomic E-state index is -0.952. The maximum absolute atomic E-state index is 12.0. The van der Waals surface area contributed by atoms with Crippen molar-refractivity contribution >= 4 is 29.0 Å². The van der Waals surface area contributed by atoms with Gasteiger partial charge in [-0.25, -0.2) is 4.79 Å². The number of thiocarbonyl (C=S) groups is 1. The smallest absolute Gasteiger partial charge is 0.337 e. The van der Waals surface area contributed by atoms with E-state index in [0.717, 1.165) is 28.3 Å². The van der Waals surface area contributed by atoms with Crippen LogP contribution >= 0.6 is 12.2 Å². The fraction of sp³-hybridized carbons (Fsp3) is 0.207. The molecule has 2 atom stereocenters. The Balaban J connectivity index is 1.71. The van der Waals surface area contributed by atoms with Crippen molar-refractivity contribution in [2.24, 2.45) is 0 Å². The number of carbonyl (C=O) groups is 1. The molecule has 0 spiro atoms. The van der Waals surface area contributed by atoms with Crippen molar-refractivity contribution in [3.8, 4) is 5.69 Å². The van der Waals surface area contributed by atoms with E-state index in [4.69, 9.17) is 12.2 Å². The number of rotatable bonds is 5. The van der Waals surface area contributed by atoms with Crippen molar-refractivity contribution in [3.63, 3.8) is 0 Å². The minimum absolute atomic E-state index is 0.175. The van der Waals surface area contributed by atoms with Gasteiger partial charge in [-0.2, -0.15) is 0 Å². The summed E-state index contributed by atoms with van der Waals surface area (Å²) in [5, 5.41) is 14.0. The predicted molar refractivity (Wildman–Crippen MR) is 146 cm³/mol. The van der Waals surface area contributed by atoms with E-state index in [-0.39, 0.29) is 17.6 Å². The molecule has 7 heteroatoms. The van der Waals surface area contributed by atoms with E-state index in [1.54, 1.807) is 18.3 Å². The molecule has 0 saturated carbocycles. The van der Waals surface area contributed by atoms with Gasteiger partial charge in [-0.15, -0.1) is 0 Å². The molecular weight excluding hydrogens is 468 g/mol. The number of aryl methyl sites for hydroxylation is 3. The SMILES string of the molecule is Cc1ccc(N2C(=S)NC(c3ccccn3)C2c2cc(C)n(-c3ccccc3C(=O)O)c2C)cc1C. The largest absolute Gasteiger partial charge is 0.478 e. The molecule has 0 amide bonds. The third kappa shape index (κ3) is 3.95. The third-order valence-electron chi connectivity index (χ3n) is 7.03. The first-order valence-electron chi connectivity index (χ1n) is 11.9. The van der Waals surface area contributed by atoms with E-state index in [1.807, 2.05) is 48.7 Å². The summed E-state index contributed by atoms with van der Waals surface area (Å²) in [6.07, 6.45) is 1.79. The molecule has 3 heterocycles. The average Bonchev–Trinajstić information content (AvgIpc) is 3.36. The van der Waals surface area contributed by atoms with Crippen LogP contribution in [0.5, 0.6) is 0 Å². The molecule has 2 aromatic heterocycles. The number of para-hydroxylation sites is 1. The standard InChI is InChI=1S/C29H28N4O2S/c1-17-12-13-21(15-18(17)2)33-27(26(31-29(33)36)24-10-7-8-14-30-24)23-16-19(3)32(20(23)4)25-11-6-5-9-22(25)28(34)35/h5-16,26-27H,1-4H3,(H,31,36)(H,34,35). The van der Waals surface area contributed by atoms with Gasteiger partial charge in [0.15, 0.2) is 5.11 Å². The average molecular weight is 497 g/mol. The van der Waals surface area contributed by atoms with Crippen LogP contribution < -0.4 is 10.2 Å². The van der Waals surface area contributed by atoms with E-state index >= 15 is 0 Å². The molecular formula is C29H28N4O2S. The van der Waals surface area contributed by atoms with Gasteiger partial charge in [0.05, 0.1) is 29.0 Å². The van der Waals surface area contributed by atoms with Crippen LogP contribution in [0, 0.1) is 27.7 Å². The lowest BCUT2D eigenvalue weighted by Gasteiger charge is -2.28. The maximum Gasteiger partial charge on any atom is 0.337 e. The fourth-order valence-electron chi connectivity index (χ4n) is 5.13. The van der Waals surface area contributed by atoms with Gasteiger partial charge >= 0.3 is 5.97 Å². The highest BCUT2D eigenvalue weighted by molar-refractivity contribution is 7.80. The van der Waals surface area contributed by atoms with Gasteiger partial charge in [0.1, 0.15) is 0 Å². The van der Waals surface area contributed by atoms with Crippen LogP contribution in [0.2, 0.25) is 0 Å². The first-order chi connectivity index (χ1) is 17.3. The Kier molecular flexibility index (Phi) is 6.10. The number of anilines is 1. The summed E-state index contributed by atoms with van der Waals surface area (Å²) in [6.45, 7) is 8.25. The first-order valence-corrected chi connectivity index (χ1v) is 12.3. The van der Waals surface area contributed by atoms with E-state index in [0.29, 0.717) is 10.8 Å². The van der Waals surface area contributed by atoms with Crippen molar-refractivity contribution in [1.82, 2.24) is 14.9 Å². The summed E-state index contributed by atoms with van der Waals surface area (Å²) in [5.41, 5.74) is 8.20. The van der Waals surface area contributed by atoms with Gasteiger partial charge in [-0.3, -0.25) is 4.98 Å². The van der Waals surface area contributed by atoms with Gasteiger partial charge in [-0.1, -0.05) is 24.3 Å². The number of aromatic nitrogens is 2. The quantitative estimate of drug-likeness (QED) is 0.331. The van der Waals surface area contributed by atoms with Crippen LogP contribution in [-0.4, -0.2) is 25.7 Å². The number of nitrogens with one attached hydrogen (secondary N) is 1. The molecule has 182 valence electrons. The summed E-state index contributed by atoms with van der Waals surface area (Å²) in [4.78, 5) is 18.8. The Labute approximate surface area is 216 Å². The molecule has 36 heavy (non-hydrogen) atoms. The fourth-order valence-corrected chi connectivity index (χ4v) is 5.48. The summed E-state index contributed by atoms with van der Waals surface area (Å²) in [5.74, 6) is -0.952. The van der Waals surface area contributed by atoms with Crippen LogP contribution in [0.15, 0.2) is 72.9 Å². The van der Waals surface area contributed by atoms with E-state index in [2.05, 4.69) is 53.3 Å². The zero-order chi connectivity index (χ0) is 25.6. The van der Waals surface area contributed by atoms with Crippen LogP contribution in [0.4, 0.5) is 5.69 Å². The predicted octanol–water partition coefficient (Wildman–Crippen LogP) is 5.98. The molecule has 1 aliphatic rings. The van der Waals surface area contributed by atoms with Gasteiger partial charge in [0.25, 0.3) is 0 Å². The van der Waals surface area contributed by atoms with Crippen molar-refractivity contribution in [2.45, 2.75) is 39.8 Å². The van der Waals surface area contributed by atoms with E-state index < -0.39 is 5.97 Å². The normalized spacial score (nSPS) is 17.3. The van der Waals surface area contributed by atoms with Gasteiger partial charge < -0.3 is 19.9 Å². The Bertz CT molecular complexity index is 1480. The van der Waals surface area contributed by atoms with E-state index in [9.17, 15) is 9.90 Å². The van der Waals surface area contributed by atoms with Gasteiger partial charge in [0.2, 0.25) is 0 Å². The van der Waals surface area contributed by atoms with Gasteiger partial charge in [-0.05, 0) is 99.1 Å². The summed E-state index contributed by atoms with van der Waals surface area (Å²) in [7, 11) is 0. The van der Waals surface area contributed by atoms with Crippen LogP contribution in [-0.2, 0) is 0 Å². The second-order valence-electron chi connectivity index (χ2n) is 9.25. The zero-order valence-corrected chi connectivity index (χ0v) is 21.5. The Morgan fingerprint density at radius 1 is 0.972 bits per heavy atom. The van der Waals surface area contributed by atoms with Crippen LogP contribution in [0.1, 0.15) is 56.2 Å². The molecule has 2 unspecified atom stereocenters. The number of carboxylic acids is 1. The highest BCUT2D eigenvalue weighted by atomic mass is 32.1. The van der Waals surface area contributed by atoms with E-state index in [1.165, 1.54) is 11.1 Å². The summed E-state index contributed by atoms with van der Waals surface area (Å²) < 4.78 is 2.02. The Hall–Kier alpha value is -3.97. The molecule has 0 bridgehead atoms. The van der Waals surface area contributed by atoms with Crippen molar-refractivity contribution in [2.75, 3.05) is 4.90 Å². The minimum Gasteiger partial charge on any atom is -0.478 e. The van der Waals surface area contributed by atoms with Crippen LogP contribution in [0.3, 0.4) is 0 Å². The molecule has 1 aliphatic heterocycles. The van der Waals surface area contributed by atoms with Crippen molar-refractivity contribution < 1.29 is 9.90 Å². The number of aromatic carboxylic acids is 1. The summed E-state index contributed by atoms with van der Waals surface area (Å²) in [6, 6.07) is 21.2. The lowest BCUT2D eigenvalue weighted by molar-refractivity contribution is 0.0697. The second-order valence-corrected chi connectivity index (χ2v) is 9.64. The molecule has 6 nitrogen and oxygen atoms in total. The number of benzene rings is 2. The first kappa shape index (κ1) is 23.8. The molecule has 0 radical (unpaired) electrons. The number of hydrogen-bond acceptors (Lipinski definition) is 3. The highest BCUT2D eigenvalue weighted by Gasteiger charge is 2.42. The molecule has 1 fully saturated rings. The Morgan fingerprint density at radius 3 is 2.42 bits per heavy atom. The molecule has 5 rings (SSSR count). The highest BCUT2D eigenvalue weighted by Crippen LogP contribution is 2.44.